The first-order chi connectivity index (χ1) is 14.7. The lowest BCUT2D eigenvalue weighted by atomic mass is 10.1. The van der Waals surface area contributed by atoms with Crippen LogP contribution in [0.4, 0.5) is 5.13 Å². The molecule has 3 aromatic rings. The SMILES string of the molecule is Cc1cc(C)c2sc(N3CCN(C(=O)CCS(=O)(=O)c4ccc(Cl)cc4)CC3)nc2c1. The molecule has 0 aliphatic carbocycles. The van der Waals surface area contributed by atoms with Crippen molar-refractivity contribution >= 4 is 54.0 Å². The molecule has 31 heavy (non-hydrogen) atoms. The number of carbonyl (C=O) groups is 1. The summed E-state index contributed by atoms with van der Waals surface area (Å²) in [6.07, 6.45) is -0.0232. The lowest BCUT2D eigenvalue weighted by molar-refractivity contribution is -0.131. The predicted octanol–water partition coefficient (Wildman–Crippen LogP) is 4.08. The normalized spacial score (nSPS) is 14.9. The summed E-state index contributed by atoms with van der Waals surface area (Å²) < 4.78 is 26.2. The van der Waals surface area contributed by atoms with E-state index in [2.05, 4.69) is 30.9 Å². The van der Waals surface area contributed by atoms with Gasteiger partial charge in [0.2, 0.25) is 5.91 Å². The number of fused-ring (bicyclic) bond motifs is 1. The Labute approximate surface area is 191 Å². The Bertz CT molecular complexity index is 1210. The van der Waals surface area contributed by atoms with Crippen molar-refractivity contribution in [3.63, 3.8) is 0 Å². The van der Waals surface area contributed by atoms with E-state index in [0.29, 0.717) is 31.2 Å². The molecule has 0 bridgehead atoms. The molecule has 0 saturated carbocycles. The zero-order chi connectivity index (χ0) is 22.2. The number of piperazine rings is 1. The molecular formula is C22H24ClN3O3S2. The van der Waals surface area contributed by atoms with Gasteiger partial charge in [0, 0.05) is 37.6 Å². The van der Waals surface area contributed by atoms with Crippen LogP contribution in [-0.4, -0.2) is 56.1 Å². The Morgan fingerprint density at radius 1 is 1.10 bits per heavy atom. The van der Waals surface area contributed by atoms with Crippen LogP contribution in [0.3, 0.4) is 0 Å². The average Bonchev–Trinajstić information content (AvgIpc) is 3.17. The van der Waals surface area contributed by atoms with Crippen LogP contribution in [0.5, 0.6) is 0 Å². The van der Waals surface area contributed by atoms with Gasteiger partial charge >= 0.3 is 0 Å². The van der Waals surface area contributed by atoms with Gasteiger partial charge in [0.05, 0.1) is 20.9 Å². The van der Waals surface area contributed by atoms with Crippen molar-refractivity contribution in [2.45, 2.75) is 25.2 Å². The number of nitrogens with zero attached hydrogens (tertiary/aromatic N) is 3. The van der Waals surface area contributed by atoms with Gasteiger partial charge in [-0.25, -0.2) is 13.4 Å². The molecule has 1 fully saturated rings. The van der Waals surface area contributed by atoms with Gasteiger partial charge in [0.1, 0.15) is 0 Å². The Kier molecular flexibility index (Phi) is 6.23. The summed E-state index contributed by atoms with van der Waals surface area (Å²) in [6, 6.07) is 10.3. The molecule has 1 amide bonds. The van der Waals surface area contributed by atoms with Crippen molar-refractivity contribution in [2.24, 2.45) is 0 Å². The van der Waals surface area contributed by atoms with E-state index in [1.165, 1.54) is 28.0 Å². The maximum atomic E-state index is 12.6. The van der Waals surface area contributed by atoms with Crippen molar-refractivity contribution < 1.29 is 13.2 Å². The van der Waals surface area contributed by atoms with Crippen LogP contribution in [0, 0.1) is 13.8 Å². The molecule has 1 aromatic heterocycles. The summed E-state index contributed by atoms with van der Waals surface area (Å²) in [5.74, 6) is -0.336. The van der Waals surface area contributed by atoms with Crippen molar-refractivity contribution in [3.8, 4) is 0 Å². The molecule has 9 heteroatoms. The topological polar surface area (TPSA) is 70.6 Å². The molecule has 6 nitrogen and oxygen atoms in total. The zero-order valence-electron chi connectivity index (χ0n) is 17.5. The highest BCUT2D eigenvalue weighted by molar-refractivity contribution is 7.91. The van der Waals surface area contributed by atoms with E-state index < -0.39 is 9.84 Å². The smallest absolute Gasteiger partial charge is 0.223 e. The number of thiazole rings is 1. The molecule has 0 radical (unpaired) electrons. The molecule has 164 valence electrons. The number of sulfone groups is 1. The Morgan fingerprint density at radius 3 is 2.45 bits per heavy atom. The van der Waals surface area contributed by atoms with Crippen molar-refractivity contribution in [2.75, 3.05) is 36.8 Å². The standard InChI is InChI=1S/C22H24ClN3O3S2/c1-15-13-16(2)21-19(14-15)24-22(30-21)26-10-8-25(9-11-26)20(27)7-12-31(28,29)18-5-3-17(23)4-6-18/h3-6,13-14H,7-12H2,1-2H3. The molecule has 0 spiro atoms. The number of aryl methyl sites for hydroxylation is 2. The second kappa shape index (κ2) is 8.76. The maximum Gasteiger partial charge on any atom is 0.223 e. The van der Waals surface area contributed by atoms with Crippen LogP contribution in [0.25, 0.3) is 10.2 Å². The fourth-order valence-electron chi connectivity index (χ4n) is 3.79. The summed E-state index contributed by atoms with van der Waals surface area (Å²) in [5, 5.41) is 1.45. The summed E-state index contributed by atoms with van der Waals surface area (Å²) in [5.41, 5.74) is 3.45. The van der Waals surface area contributed by atoms with Crippen LogP contribution in [-0.2, 0) is 14.6 Å². The Hall–Kier alpha value is -2.16. The second-order valence-corrected chi connectivity index (χ2v) is 11.3. The molecule has 2 aromatic carbocycles. The summed E-state index contributed by atoms with van der Waals surface area (Å²) >= 11 is 7.50. The van der Waals surface area contributed by atoms with Gasteiger partial charge in [0.15, 0.2) is 15.0 Å². The van der Waals surface area contributed by atoms with Gasteiger partial charge in [-0.05, 0) is 55.3 Å². The molecule has 0 unspecified atom stereocenters. The van der Waals surface area contributed by atoms with Crippen LogP contribution < -0.4 is 4.90 Å². The first-order valence-corrected chi connectivity index (χ1v) is 13.0. The number of rotatable bonds is 5. The average molecular weight is 478 g/mol. The molecule has 1 aliphatic heterocycles. The van der Waals surface area contributed by atoms with Crippen molar-refractivity contribution in [3.05, 3.63) is 52.5 Å². The number of aromatic nitrogens is 1. The highest BCUT2D eigenvalue weighted by atomic mass is 35.5. The summed E-state index contributed by atoms with van der Waals surface area (Å²) in [4.78, 5) is 21.5. The second-order valence-electron chi connectivity index (χ2n) is 7.82. The molecule has 4 rings (SSSR count). The number of hydrogen-bond acceptors (Lipinski definition) is 6. The van der Waals surface area contributed by atoms with Crippen molar-refractivity contribution in [1.82, 2.24) is 9.88 Å². The third-order valence-corrected chi connectivity index (χ3v) is 8.72. The van der Waals surface area contributed by atoms with E-state index in [-0.39, 0.29) is 23.0 Å². The highest BCUT2D eigenvalue weighted by Crippen LogP contribution is 2.32. The number of halogens is 1. The van der Waals surface area contributed by atoms with Gasteiger partial charge in [-0.2, -0.15) is 0 Å². The van der Waals surface area contributed by atoms with E-state index in [1.807, 2.05) is 0 Å². The first-order valence-electron chi connectivity index (χ1n) is 10.1. The van der Waals surface area contributed by atoms with E-state index in [0.717, 1.165) is 10.6 Å². The molecule has 2 heterocycles. The largest absolute Gasteiger partial charge is 0.345 e. The fraction of sp³-hybridized carbons (Fsp3) is 0.364. The van der Waals surface area contributed by atoms with Crippen LogP contribution in [0.1, 0.15) is 17.5 Å². The lowest BCUT2D eigenvalue weighted by Crippen LogP contribution is -2.49. The van der Waals surface area contributed by atoms with Crippen LogP contribution >= 0.6 is 22.9 Å². The van der Waals surface area contributed by atoms with Crippen LogP contribution in [0.15, 0.2) is 41.3 Å². The molecule has 1 saturated heterocycles. The minimum atomic E-state index is -3.51. The fourth-order valence-corrected chi connectivity index (χ4v) is 6.21. The molecule has 0 atom stereocenters. The van der Waals surface area contributed by atoms with E-state index in [9.17, 15) is 13.2 Å². The first kappa shape index (κ1) is 22.0. The van der Waals surface area contributed by atoms with Gasteiger partial charge < -0.3 is 9.80 Å². The third kappa shape index (κ3) is 4.86. The summed E-state index contributed by atoms with van der Waals surface area (Å²) in [6.45, 7) is 6.68. The van der Waals surface area contributed by atoms with Gasteiger partial charge in [0.25, 0.3) is 0 Å². The predicted molar refractivity (Wildman–Crippen MR) is 126 cm³/mol. The number of hydrogen-bond donors (Lipinski definition) is 0. The number of amides is 1. The Morgan fingerprint density at radius 2 is 1.77 bits per heavy atom. The van der Waals surface area contributed by atoms with Gasteiger partial charge in [-0.15, -0.1) is 0 Å². The van der Waals surface area contributed by atoms with Crippen molar-refractivity contribution in [1.29, 1.82) is 0 Å². The molecule has 1 aliphatic rings. The number of benzene rings is 2. The maximum absolute atomic E-state index is 12.6. The number of anilines is 1. The van der Waals surface area contributed by atoms with E-state index in [1.54, 1.807) is 28.4 Å². The van der Waals surface area contributed by atoms with Crippen LogP contribution in [0.2, 0.25) is 5.02 Å². The monoisotopic (exact) mass is 477 g/mol. The summed E-state index contributed by atoms with van der Waals surface area (Å²) in [7, 11) is -3.51. The van der Waals surface area contributed by atoms with E-state index >= 15 is 0 Å². The molecular weight excluding hydrogens is 454 g/mol. The molecule has 0 N–H and O–H groups in total. The van der Waals surface area contributed by atoms with Gasteiger partial charge in [-0.3, -0.25) is 4.79 Å². The Balaban J connectivity index is 1.35. The minimum Gasteiger partial charge on any atom is -0.345 e. The third-order valence-electron chi connectivity index (χ3n) is 5.47. The lowest BCUT2D eigenvalue weighted by Gasteiger charge is -2.34. The zero-order valence-corrected chi connectivity index (χ0v) is 19.9. The minimum absolute atomic E-state index is 0.0232. The number of carbonyl (C=O) groups excluding carboxylic acids is 1. The van der Waals surface area contributed by atoms with E-state index in [4.69, 9.17) is 16.6 Å². The quantitative estimate of drug-likeness (QED) is 0.553. The highest BCUT2D eigenvalue weighted by Gasteiger charge is 2.25. The van der Waals surface area contributed by atoms with Gasteiger partial charge in [-0.1, -0.05) is 29.0 Å².